The van der Waals surface area contributed by atoms with Crippen molar-refractivity contribution in [3.8, 4) is 22.5 Å². The Morgan fingerprint density at radius 3 is 2.26 bits per heavy atom. The molecule has 2 aromatic carbocycles. The lowest BCUT2D eigenvalue weighted by molar-refractivity contribution is -0.142. The number of nitrogens with one attached hydrogen (secondary N) is 1. The van der Waals surface area contributed by atoms with Gasteiger partial charge >= 0.3 is 5.69 Å². The third-order valence-electron chi connectivity index (χ3n) is 6.55. The van der Waals surface area contributed by atoms with Crippen LogP contribution in [0.3, 0.4) is 0 Å². The summed E-state index contributed by atoms with van der Waals surface area (Å²) in [6.45, 7) is 1.81. The highest BCUT2D eigenvalue weighted by Crippen LogP contribution is 2.30. The Labute approximate surface area is 202 Å². The number of hydrogen-bond donors (Lipinski definition) is 1. The first-order chi connectivity index (χ1) is 16.6. The van der Waals surface area contributed by atoms with Gasteiger partial charge in [0, 0.05) is 42.9 Å². The number of thioether (sulfide) groups is 1. The summed E-state index contributed by atoms with van der Waals surface area (Å²) < 4.78 is 1.65. The number of amides is 2. The van der Waals surface area contributed by atoms with Crippen LogP contribution in [0.2, 0.25) is 0 Å². The Hall–Kier alpha value is -3.26. The maximum atomic E-state index is 13.2. The van der Waals surface area contributed by atoms with Gasteiger partial charge in [0.2, 0.25) is 11.8 Å². The van der Waals surface area contributed by atoms with E-state index in [0.29, 0.717) is 11.6 Å². The van der Waals surface area contributed by atoms with E-state index < -0.39 is 6.04 Å². The first kappa shape index (κ1) is 22.5. The molecular formula is C26H28N4O3S. The van der Waals surface area contributed by atoms with Gasteiger partial charge in [-0.1, -0.05) is 60.7 Å². The van der Waals surface area contributed by atoms with Gasteiger partial charge in [0.15, 0.2) is 0 Å². The monoisotopic (exact) mass is 476 g/mol. The number of carbonyl (C=O) groups is 2. The van der Waals surface area contributed by atoms with Crippen LogP contribution in [0, 0.1) is 0 Å². The van der Waals surface area contributed by atoms with Crippen LogP contribution in [0.5, 0.6) is 0 Å². The van der Waals surface area contributed by atoms with Gasteiger partial charge in [-0.25, -0.2) is 4.79 Å². The second kappa shape index (κ2) is 9.93. The van der Waals surface area contributed by atoms with Crippen molar-refractivity contribution in [2.24, 2.45) is 0 Å². The van der Waals surface area contributed by atoms with Crippen LogP contribution in [-0.2, 0) is 16.1 Å². The Morgan fingerprint density at radius 2 is 1.59 bits per heavy atom. The molecule has 0 bridgehead atoms. The number of aromatic amines is 1. The van der Waals surface area contributed by atoms with E-state index in [4.69, 9.17) is 0 Å². The molecule has 5 rings (SSSR count). The maximum absolute atomic E-state index is 13.2. The second-order valence-electron chi connectivity index (χ2n) is 8.70. The van der Waals surface area contributed by atoms with Crippen LogP contribution >= 0.6 is 11.8 Å². The number of aromatic nitrogens is 2. The topological polar surface area (TPSA) is 78.4 Å². The number of hydrogen-bond acceptors (Lipinski definition) is 4. The normalized spacial score (nSPS) is 17.9. The fourth-order valence-corrected chi connectivity index (χ4v) is 5.96. The molecule has 1 atom stereocenters. The lowest BCUT2D eigenvalue weighted by Gasteiger charge is -2.27. The summed E-state index contributed by atoms with van der Waals surface area (Å²) in [7, 11) is 0. The molecule has 34 heavy (non-hydrogen) atoms. The summed E-state index contributed by atoms with van der Waals surface area (Å²) in [5, 5.41) is 0. The molecule has 176 valence electrons. The average Bonchev–Trinajstić information content (AvgIpc) is 3.64. The van der Waals surface area contributed by atoms with Gasteiger partial charge in [0.05, 0.1) is 17.3 Å². The van der Waals surface area contributed by atoms with Gasteiger partial charge in [-0.2, -0.15) is 0 Å². The molecule has 0 radical (unpaired) electrons. The van der Waals surface area contributed by atoms with E-state index in [1.54, 1.807) is 21.2 Å². The zero-order valence-electron chi connectivity index (χ0n) is 19.0. The first-order valence-electron chi connectivity index (χ1n) is 11.7. The summed E-state index contributed by atoms with van der Waals surface area (Å²) in [5.41, 5.74) is 3.08. The molecular weight excluding hydrogens is 448 g/mol. The molecule has 1 aromatic heterocycles. The van der Waals surface area contributed by atoms with E-state index in [1.807, 2.05) is 65.6 Å². The quantitative estimate of drug-likeness (QED) is 0.591. The molecule has 7 nitrogen and oxygen atoms in total. The van der Waals surface area contributed by atoms with Crippen LogP contribution in [0.25, 0.3) is 22.5 Å². The number of benzene rings is 2. The number of H-pyrrole nitrogens is 1. The minimum absolute atomic E-state index is 0.0611. The highest BCUT2D eigenvalue weighted by atomic mass is 32.2. The van der Waals surface area contributed by atoms with Gasteiger partial charge < -0.3 is 14.8 Å². The van der Waals surface area contributed by atoms with Gasteiger partial charge in [-0.15, -0.1) is 11.8 Å². The van der Waals surface area contributed by atoms with Crippen molar-refractivity contribution < 1.29 is 9.59 Å². The smallest absolute Gasteiger partial charge is 0.326 e. The molecule has 0 aliphatic carbocycles. The average molecular weight is 477 g/mol. The maximum Gasteiger partial charge on any atom is 0.326 e. The lowest BCUT2D eigenvalue weighted by atomic mass is 10.0. The van der Waals surface area contributed by atoms with Crippen molar-refractivity contribution in [3.05, 3.63) is 71.1 Å². The van der Waals surface area contributed by atoms with Crippen LogP contribution in [-0.4, -0.2) is 61.9 Å². The van der Waals surface area contributed by atoms with E-state index in [0.717, 1.165) is 48.4 Å². The predicted molar refractivity (Wildman–Crippen MR) is 134 cm³/mol. The molecule has 3 heterocycles. The molecule has 2 saturated heterocycles. The van der Waals surface area contributed by atoms with Crippen molar-refractivity contribution >= 4 is 23.6 Å². The summed E-state index contributed by atoms with van der Waals surface area (Å²) in [5.74, 6) is 1.13. The largest absolute Gasteiger partial charge is 0.341 e. The lowest BCUT2D eigenvalue weighted by Crippen LogP contribution is -2.48. The van der Waals surface area contributed by atoms with Gasteiger partial charge in [0.25, 0.3) is 0 Å². The molecule has 0 saturated carbocycles. The number of carbonyl (C=O) groups excluding carboxylic acids is 2. The van der Waals surface area contributed by atoms with E-state index in [1.165, 1.54) is 0 Å². The second-order valence-corrected chi connectivity index (χ2v) is 9.70. The third kappa shape index (κ3) is 4.42. The minimum Gasteiger partial charge on any atom is -0.341 e. The van der Waals surface area contributed by atoms with Crippen LogP contribution in [0.1, 0.15) is 19.3 Å². The van der Waals surface area contributed by atoms with Gasteiger partial charge in [-0.05, 0) is 12.8 Å². The number of imidazole rings is 1. The van der Waals surface area contributed by atoms with Crippen LogP contribution < -0.4 is 5.69 Å². The zero-order chi connectivity index (χ0) is 23.5. The zero-order valence-corrected chi connectivity index (χ0v) is 19.8. The van der Waals surface area contributed by atoms with E-state index in [-0.39, 0.29) is 30.5 Å². The summed E-state index contributed by atoms with van der Waals surface area (Å²) in [4.78, 5) is 45.7. The Balaban J connectivity index is 1.39. The Bertz CT molecular complexity index is 1220. The molecule has 8 heteroatoms. The minimum atomic E-state index is -0.396. The fraction of sp³-hybridized carbons (Fsp3) is 0.346. The van der Waals surface area contributed by atoms with Crippen molar-refractivity contribution in [1.29, 1.82) is 0 Å². The summed E-state index contributed by atoms with van der Waals surface area (Å²) >= 11 is 1.61. The molecule has 2 aliphatic rings. The van der Waals surface area contributed by atoms with E-state index >= 15 is 0 Å². The first-order valence-corrected chi connectivity index (χ1v) is 12.9. The Kier molecular flexibility index (Phi) is 6.58. The third-order valence-corrected chi connectivity index (χ3v) is 7.56. The SMILES string of the molecule is O=C([C@@H]1CSCN1C(=O)CCn1c(-c2ccccc2)c(-c2ccccc2)[nH]c1=O)N1CCCC1. The molecule has 1 N–H and O–H groups in total. The molecule has 2 aliphatic heterocycles. The molecule has 0 spiro atoms. The Morgan fingerprint density at radius 1 is 0.941 bits per heavy atom. The van der Waals surface area contributed by atoms with Crippen LogP contribution in [0.4, 0.5) is 0 Å². The number of nitrogens with zero attached hydrogens (tertiary/aromatic N) is 3. The molecule has 2 fully saturated rings. The predicted octanol–water partition coefficient (Wildman–Crippen LogP) is 3.42. The summed E-state index contributed by atoms with van der Waals surface area (Å²) in [6, 6.07) is 19.1. The van der Waals surface area contributed by atoms with E-state index in [2.05, 4.69) is 4.98 Å². The van der Waals surface area contributed by atoms with Gasteiger partial charge in [-0.3, -0.25) is 14.2 Å². The van der Waals surface area contributed by atoms with E-state index in [9.17, 15) is 14.4 Å². The van der Waals surface area contributed by atoms with Crippen molar-refractivity contribution in [1.82, 2.24) is 19.4 Å². The molecule has 2 amide bonds. The fourth-order valence-electron chi connectivity index (χ4n) is 4.79. The molecule has 3 aromatic rings. The standard InChI is InChI=1S/C26H28N4O3S/c31-22(30-18-34-17-21(30)25(32)28-14-7-8-15-28)13-16-29-24(20-11-5-2-6-12-20)23(27-26(29)33)19-9-3-1-4-10-19/h1-6,9-12,21H,7-8,13-18H2,(H,27,33)/t21-/m0/s1. The van der Waals surface area contributed by atoms with Crippen molar-refractivity contribution in [3.63, 3.8) is 0 Å². The van der Waals surface area contributed by atoms with Crippen molar-refractivity contribution in [2.45, 2.75) is 31.8 Å². The van der Waals surface area contributed by atoms with Crippen LogP contribution in [0.15, 0.2) is 65.5 Å². The summed E-state index contributed by atoms with van der Waals surface area (Å²) in [6.07, 6.45) is 2.22. The van der Waals surface area contributed by atoms with Crippen molar-refractivity contribution in [2.75, 3.05) is 24.7 Å². The molecule has 0 unspecified atom stereocenters. The van der Waals surface area contributed by atoms with Gasteiger partial charge in [0.1, 0.15) is 6.04 Å². The number of likely N-dealkylation sites (tertiary alicyclic amines) is 1. The highest BCUT2D eigenvalue weighted by Gasteiger charge is 2.37. The number of rotatable bonds is 6. The highest BCUT2D eigenvalue weighted by molar-refractivity contribution is 7.99.